The summed E-state index contributed by atoms with van der Waals surface area (Å²) in [5.74, 6) is -0.0713. The minimum Gasteiger partial charge on any atom is -0.497 e. The molecule has 0 aromatic heterocycles. The quantitative estimate of drug-likeness (QED) is 0.418. The second-order valence-electron chi connectivity index (χ2n) is 8.80. The van der Waals surface area contributed by atoms with Crippen LogP contribution in [0.5, 0.6) is 5.75 Å². The zero-order valence-electron chi connectivity index (χ0n) is 21.1. The monoisotopic (exact) mass is 557 g/mol. The third-order valence-corrected chi connectivity index (χ3v) is 7.33. The van der Waals surface area contributed by atoms with Crippen LogP contribution in [0.4, 0.5) is 5.69 Å². The van der Waals surface area contributed by atoms with Gasteiger partial charge in [-0.15, -0.1) is 0 Å². The van der Waals surface area contributed by atoms with Crippen molar-refractivity contribution in [1.82, 2.24) is 10.2 Å². The number of nitrogens with one attached hydrogen (secondary N) is 1. The largest absolute Gasteiger partial charge is 0.497 e. The van der Waals surface area contributed by atoms with Crippen molar-refractivity contribution >= 4 is 50.7 Å². The Morgan fingerprint density at radius 2 is 1.69 bits per heavy atom. The Hall–Kier alpha value is -2.49. The number of hydrogen-bond acceptors (Lipinski definition) is 5. The molecular formula is C25H33Cl2N3O5S. The van der Waals surface area contributed by atoms with Gasteiger partial charge in [-0.3, -0.25) is 13.9 Å². The molecule has 1 N–H and O–H groups in total. The standard InChI is InChI=1S/C25H33Cl2N3O5S/c1-6-23(25(32)28-14-17(2)3)29(15-18-7-12-21(26)22(27)13-18)24(31)16-30(36(5,33)34)19-8-10-20(35-4)11-9-19/h7-13,17,23H,6,14-16H2,1-5H3,(H,28,32). The molecule has 198 valence electrons. The van der Waals surface area contributed by atoms with Gasteiger partial charge in [0.05, 0.1) is 29.1 Å². The van der Waals surface area contributed by atoms with Gasteiger partial charge in [-0.05, 0) is 54.3 Å². The first-order valence-corrected chi connectivity index (χ1v) is 14.1. The van der Waals surface area contributed by atoms with E-state index in [-0.39, 0.29) is 18.4 Å². The van der Waals surface area contributed by atoms with E-state index < -0.39 is 28.5 Å². The van der Waals surface area contributed by atoms with Crippen LogP contribution in [0.15, 0.2) is 42.5 Å². The lowest BCUT2D eigenvalue weighted by Gasteiger charge is -2.33. The lowest BCUT2D eigenvalue weighted by Crippen LogP contribution is -2.52. The topological polar surface area (TPSA) is 96.0 Å². The molecule has 2 aromatic carbocycles. The molecule has 8 nitrogen and oxygen atoms in total. The van der Waals surface area contributed by atoms with Gasteiger partial charge in [-0.1, -0.05) is 50.0 Å². The highest BCUT2D eigenvalue weighted by atomic mass is 35.5. The molecule has 0 aliphatic rings. The van der Waals surface area contributed by atoms with Gasteiger partial charge in [0.1, 0.15) is 18.3 Å². The maximum atomic E-state index is 13.7. The molecule has 0 heterocycles. The molecule has 11 heteroatoms. The van der Waals surface area contributed by atoms with Gasteiger partial charge in [0.25, 0.3) is 0 Å². The molecule has 1 unspecified atom stereocenters. The normalized spacial score (nSPS) is 12.2. The molecule has 0 saturated carbocycles. The SMILES string of the molecule is CCC(C(=O)NCC(C)C)N(Cc1ccc(Cl)c(Cl)c1)C(=O)CN(c1ccc(OC)cc1)S(C)(=O)=O. The molecule has 0 fully saturated rings. The molecule has 2 amide bonds. The molecular weight excluding hydrogens is 525 g/mol. The lowest BCUT2D eigenvalue weighted by molar-refractivity contribution is -0.140. The van der Waals surface area contributed by atoms with E-state index in [1.165, 1.54) is 12.0 Å². The number of ether oxygens (including phenoxy) is 1. The fourth-order valence-corrected chi connectivity index (χ4v) is 4.71. The van der Waals surface area contributed by atoms with Crippen molar-refractivity contribution in [2.75, 3.05) is 30.8 Å². The van der Waals surface area contributed by atoms with Crippen LogP contribution in [-0.4, -0.2) is 57.6 Å². The van der Waals surface area contributed by atoms with Crippen LogP contribution < -0.4 is 14.4 Å². The van der Waals surface area contributed by atoms with E-state index in [2.05, 4.69) is 5.32 Å². The van der Waals surface area contributed by atoms with Crippen molar-refractivity contribution in [1.29, 1.82) is 0 Å². The van der Waals surface area contributed by atoms with E-state index in [9.17, 15) is 18.0 Å². The number of anilines is 1. The van der Waals surface area contributed by atoms with E-state index in [0.717, 1.165) is 10.6 Å². The first-order valence-electron chi connectivity index (χ1n) is 11.5. The van der Waals surface area contributed by atoms with Crippen molar-refractivity contribution in [2.24, 2.45) is 5.92 Å². The maximum absolute atomic E-state index is 13.7. The summed E-state index contributed by atoms with van der Waals surface area (Å²) in [4.78, 5) is 28.1. The Morgan fingerprint density at radius 3 is 2.19 bits per heavy atom. The van der Waals surface area contributed by atoms with Gasteiger partial charge >= 0.3 is 0 Å². The zero-order valence-corrected chi connectivity index (χ0v) is 23.5. The summed E-state index contributed by atoms with van der Waals surface area (Å²) in [6, 6.07) is 10.5. The van der Waals surface area contributed by atoms with Crippen LogP contribution in [0.2, 0.25) is 10.0 Å². The number of benzene rings is 2. The first-order chi connectivity index (χ1) is 16.9. The van der Waals surface area contributed by atoms with Gasteiger partial charge in [0.2, 0.25) is 21.8 Å². The van der Waals surface area contributed by atoms with Crippen molar-refractivity contribution in [2.45, 2.75) is 39.8 Å². The summed E-state index contributed by atoms with van der Waals surface area (Å²) in [5, 5.41) is 3.56. The summed E-state index contributed by atoms with van der Waals surface area (Å²) in [5.41, 5.74) is 0.960. The van der Waals surface area contributed by atoms with Crippen LogP contribution in [0, 0.1) is 5.92 Å². The van der Waals surface area contributed by atoms with Crippen LogP contribution in [0.3, 0.4) is 0 Å². The average Bonchev–Trinajstić information content (AvgIpc) is 2.82. The van der Waals surface area contributed by atoms with Crippen LogP contribution in [0.1, 0.15) is 32.8 Å². The van der Waals surface area contributed by atoms with Gasteiger partial charge in [0, 0.05) is 13.1 Å². The van der Waals surface area contributed by atoms with Crippen LogP contribution in [-0.2, 0) is 26.2 Å². The summed E-state index contributed by atoms with van der Waals surface area (Å²) in [6.07, 6.45) is 1.36. The fraction of sp³-hybridized carbons (Fsp3) is 0.440. The second-order valence-corrected chi connectivity index (χ2v) is 11.5. The fourth-order valence-electron chi connectivity index (χ4n) is 3.54. The molecule has 36 heavy (non-hydrogen) atoms. The Kier molecular flexibility index (Phi) is 10.9. The number of nitrogens with zero attached hydrogens (tertiary/aromatic N) is 2. The molecule has 0 bridgehead atoms. The van der Waals surface area contributed by atoms with E-state index in [4.69, 9.17) is 27.9 Å². The predicted molar refractivity (Wildman–Crippen MR) is 144 cm³/mol. The minimum atomic E-state index is -3.82. The Balaban J connectivity index is 2.43. The molecule has 0 radical (unpaired) electrons. The molecule has 0 spiro atoms. The number of rotatable bonds is 12. The van der Waals surface area contributed by atoms with E-state index >= 15 is 0 Å². The van der Waals surface area contributed by atoms with Gasteiger partial charge < -0.3 is 15.0 Å². The summed E-state index contributed by atoms with van der Waals surface area (Å²) in [7, 11) is -2.32. The van der Waals surface area contributed by atoms with Crippen molar-refractivity contribution in [3.63, 3.8) is 0 Å². The molecule has 0 aliphatic heterocycles. The van der Waals surface area contributed by atoms with Crippen LogP contribution >= 0.6 is 23.2 Å². The number of hydrogen-bond donors (Lipinski definition) is 1. The van der Waals surface area contributed by atoms with Gasteiger partial charge in [0.15, 0.2) is 0 Å². The van der Waals surface area contributed by atoms with Crippen molar-refractivity contribution in [3.05, 3.63) is 58.1 Å². The molecule has 2 rings (SSSR count). The third-order valence-electron chi connectivity index (χ3n) is 5.45. The number of methoxy groups -OCH3 is 1. The molecule has 2 aromatic rings. The molecule has 0 aliphatic carbocycles. The zero-order chi connectivity index (χ0) is 27.0. The average molecular weight is 559 g/mol. The van der Waals surface area contributed by atoms with Gasteiger partial charge in [-0.25, -0.2) is 8.42 Å². The second kappa shape index (κ2) is 13.2. The van der Waals surface area contributed by atoms with Gasteiger partial charge in [-0.2, -0.15) is 0 Å². The Labute approximate surface area is 223 Å². The lowest BCUT2D eigenvalue weighted by atomic mass is 10.1. The first kappa shape index (κ1) is 29.7. The van der Waals surface area contributed by atoms with Crippen LogP contribution in [0.25, 0.3) is 0 Å². The summed E-state index contributed by atoms with van der Waals surface area (Å²) >= 11 is 12.2. The van der Waals surface area contributed by atoms with E-state index in [1.54, 1.807) is 49.4 Å². The third kappa shape index (κ3) is 8.28. The molecule has 0 saturated heterocycles. The van der Waals surface area contributed by atoms with Crippen molar-refractivity contribution < 1.29 is 22.7 Å². The summed E-state index contributed by atoms with van der Waals surface area (Å²) in [6.45, 7) is 5.75. The summed E-state index contributed by atoms with van der Waals surface area (Å²) < 4.78 is 31.4. The Morgan fingerprint density at radius 1 is 1.06 bits per heavy atom. The van der Waals surface area contributed by atoms with Crippen molar-refractivity contribution in [3.8, 4) is 5.75 Å². The smallest absolute Gasteiger partial charge is 0.244 e. The van der Waals surface area contributed by atoms with E-state index in [1.807, 2.05) is 13.8 Å². The predicted octanol–water partition coefficient (Wildman–Crippen LogP) is 4.35. The molecule has 1 atom stereocenters. The highest BCUT2D eigenvalue weighted by molar-refractivity contribution is 7.92. The van der Waals surface area contributed by atoms with E-state index in [0.29, 0.717) is 40.0 Å². The maximum Gasteiger partial charge on any atom is 0.244 e. The number of amides is 2. The number of carbonyl (C=O) groups is 2. The number of carbonyl (C=O) groups excluding carboxylic acids is 2. The number of sulfonamides is 1. The number of halogens is 2. The highest BCUT2D eigenvalue weighted by Crippen LogP contribution is 2.25. The minimum absolute atomic E-state index is 0.0452. The Bertz CT molecular complexity index is 1160. The highest BCUT2D eigenvalue weighted by Gasteiger charge is 2.31.